The first-order valence-corrected chi connectivity index (χ1v) is 6.29. The molecule has 1 saturated heterocycles. The van der Waals surface area contributed by atoms with Gasteiger partial charge in [-0.1, -0.05) is 0 Å². The molecule has 3 nitrogen and oxygen atoms in total. The standard InChI is InChI=1S/C12H18ClN3/c1-11-10-12(2-4-14-11)16-8-6-15(5-3-13)7-9-16/h2,4,10H,3,5-9H2,1H3. The molecule has 0 atom stereocenters. The molecule has 0 saturated carbocycles. The van der Waals surface area contributed by atoms with Crippen molar-refractivity contribution in [2.24, 2.45) is 0 Å². The molecule has 1 aliphatic rings. The smallest absolute Gasteiger partial charge is 0.0400 e. The van der Waals surface area contributed by atoms with Gasteiger partial charge < -0.3 is 4.90 Å². The van der Waals surface area contributed by atoms with Crippen LogP contribution in [0.15, 0.2) is 18.3 Å². The highest BCUT2D eigenvalue weighted by Gasteiger charge is 2.16. The van der Waals surface area contributed by atoms with Gasteiger partial charge in [-0.25, -0.2) is 0 Å². The fraction of sp³-hybridized carbons (Fsp3) is 0.583. The van der Waals surface area contributed by atoms with Crippen LogP contribution in [0.5, 0.6) is 0 Å². The number of anilines is 1. The van der Waals surface area contributed by atoms with Crippen molar-refractivity contribution in [1.82, 2.24) is 9.88 Å². The lowest BCUT2D eigenvalue weighted by Crippen LogP contribution is -2.46. The molecule has 0 radical (unpaired) electrons. The van der Waals surface area contributed by atoms with Gasteiger partial charge in [-0.3, -0.25) is 9.88 Å². The Balaban J connectivity index is 1.94. The third-order valence-corrected chi connectivity index (χ3v) is 3.19. The van der Waals surface area contributed by atoms with Crippen molar-refractivity contribution >= 4 is 17.3 Å². The number of rotatable bonds is 3. The zero-order valence-electron chi connectivity index (χ0n) is 9.69. The van der Waals surface area contributed by atoms with Gasteiger partial charge in [-0.05, 0) is 19.1 Å². The number of hydrogen-bond acceptors (Lipinski definition) is 3. The second-order valence-electron chi connectivity index (χ2n) is 4.17. The van der Waals surface area contributed by atoms with Crippen molar-refractivity contribution in [3.05, 3.63) is 24.0 Å². The van der Waals surface area contributed by atoms with E-state index in [-0.39, 0.29) is 0 Å². The zero-order chi connectivity index (χ0) is 11.4. The van der Waals surface area contributed by atoms with Crippen molar-refractivity contribution < 1.29 is 0 Å². The Morgan fingerprint density at radius 2 is 2.06 bits per heavy atom. The van der Waals surface area contributed by atoms with Crippen molar-refractivity contribution in [3.8, 4) is 0 Å². The Labute approximate surface area is 102 Å². The average Bonchev–Trinajstić information content (AvgIpc) is 2.30. The molecule has 0 aromatic carbocycles. The van der Waals surface area contributed by atoms with Crippen molar-refractivity contribution in [3.63, 3.8) is 0 Å². The van der Waals surface area contributed by atoms with E-state index < -0.39 is 0 Å². The van der Waals surface area contributed by atoms with Crippen LogP contribution in [0, 0.1) is 6.92 Å². The molecule has 2 rings (SSSR count). The fourth-order valence-electron chi connectivity index (χ4n) is 2.08. The molecule has 0 unspecified atom stereocenters. The van der Waals surface area contributed by atoms with Gasteiger partial charge in [-0.2, -0.15) is 0 Å². The molecule has 0 bridgehead atoms. The summed E-state index contributed by atoms with van der Waals surface area (Å²) in [6.45, 7) is 7.42. The molecule has 0 N–H and O–H groups in total. The fourth-order valence-corrected chi connectivity index (χ4v) is 2.32. The summed E-state index contributed by atoms with van der Waals surface area (Å²) in [5, 5.41) is 0. The van der Waals surface area contributed by atoms with E-state index >= 15 is 0 Å². The highest BCUT2D eigenvalue weighted by molar-refractivity contribution is 6.18. The maximum absolute atomic E-state index is 5.75. The van der Waals surface area contributed by atoms with Crippen LogP contribution >= 0.6 is 11.6 Å². The largest absolute Gasteiger partial charge is 0.369 e. The maximum Gasteiger partial charge on any atom is 0.0400 e. The van der Waals surface area contributed by atoms with Crippen LogP contribution in [-0.4, -0.2) is 48.5 Å². The number of nitrogens with zero attached hydrogens (tertiary/aromatic N) is 3. The molecule has 1 aliphatic heterocycles. The lowest BCUT2D eigenvalue weighted by molar-refractivity contribution is 0.272. The van der Waals surface area contributed by atoms with Crippen LogP contribution in [0.1, 0.15) is 5.69 Å². The van der Waals surface area contributed by atoms with Crippen LogP contribution in [0.4, 0.5) is 5.69 Å². The Morgan fingerprint density at radius 1 is 1.31 bits per heavy atom. The quantitative estimate of drug-likeness (QED) is 0.750. The van der Waals surface area contributed by atoms with Crippen LogP contribution in [-0.2, 0) is 0 Å². The minimum atomic E-state index is 0.731. The van der Waals surface area contributed by atoms with E-state index in [0.717, 1.165) is 44.3 Å². The molecule has 0 amide bonds. The van der Waals surface area contributed by atoms with E-state index in [0.29, 0.717) is 0 Å². The van der Waals surface area contributed by atoms with Crippen LogP contribution < -0.4 is 4.90 Å². The van der Waals surface area contributed by atoms with Gasteiger partial charge in [-0.15, -0.1) is 11.6 Å². The second kappa shape index (κ2) is 5.51. The van der Waals surface area contributed by atoms with Gasteiger partial charge in [0.25, 0.3) is 0 Å². The summed E-state index contributed by atoms with van der Waals surface area (Å²) in [6.07, 6.45) is 1.88. The van der Waals surface area contributed by atoms with Crippen LogP contribution in [0.25, 0.3) is 0 Å². The number of aromatic nitrogens is 1. The second-order valence-corrected chi connectivity index (χ2v) is 4.55. The normalized spacial score (nSPS) is 17.8. The molecule has 16 heavy (non-hydrogen) atoms. The minimum absolute atomic E-state index is 0.731. The number of aryl methyl sites for hydroxylation is 1. The van der Waals surface area contributed by atoms with E-state index in [1.165, 1.54) is 5.69 Å². The summed E-state index contributed by atoms with van der Waals surface area (Å²) < 4.78 is 0. The topological polar surface area (TPSA) is 19.4 Å². The molecular formula is C12H18ClN3. The monoisotopic (exact) mass is 239 g/mol. The molecule has 88 valence electrons. The van der Waals surface area contributed by atoms with Gasteiger partial charge in [0.15, 0.2) is 0 Å². The van der Waals surface area contributed by atoms with Crippen molar-refractivity contribution in [2.45, 2.75) is 6.92 Å². The van der Waals surface area contributed by atoms with Crippen molar-refractivity contribution in [2.75, 3.05) is 43.5 Å². The van der Waals surface area contributed by atoms with Crippen LogP contribution in [0.2, 0.25) is 0 Å². The molecule has 4 heteroatoms. The predicted molar refractivity (Wildman–Crippen MR) is 68.3 cm³/mol. The highest BCUT2D eigenvalue weighted by Crippen LogP contribution is 2.16. The molecule has 1 fully saturated rings. The Kier molecular flexibility index (Phi) is 4.02. The van der Waals surface area contributed by atoms with Gasteiger partial charge in [0.2, 0.25) is 0 Å². The Bertz CT molecular complexity index is 335. The first-order valence-electron chi connectivity index (χ1n) is 5.75. The summed E-state index contributed by atoms with van der Waals surface area (Å²) in [6, 6.07) is 4.24. The summed E-state index contributed by atoms with van der Waals surface area (Å²) >= 11 is 5.75. The molecular weight excluding hydrogens is 222 g/mol. The van der Waals surface area contributed by atoms with E-state index in [4.69, 9.17) is 11.6 Å². The van der Waals surface area contributed by atoms with Gasteiger partial charge >= 0.3 is 0 Å². The summed E-state index contributed by atoms with van der Waals surface area (Å²) in [5.41, 5.74) is 2.37. The summed E-state index contributed by atoms with van der Waals surface area (Å²) in [5.74, 6) is 0.731. The minimum Gasteiger partial charge on any atom is -0.369 e. The number of piperazine rings is 1. The average molecular weight is 240 g/mol. The zero-order valence-corrected chi connectivity index (χ0v) is 10.5. The van der Waals surface area contributed by atoms with E-state index in [1.54, 1.807) is 0 Å². The molecule has 2 heterocycles. The van der Waals surface area contributed by atoms with Crippen molar-refractivity contribution in [1.29, 1.82) is 0 Å². The highest BCUT2D eigenvalue weighted by atomic mass is 35.5. The maximum atomic E-state index is 5.75. The molecule has 1 aromatic heterocycles. The van der Waals surface area contributed by atoms with E-state index in [9.17, 15) is 0 Å². The lowest BCUT2D eigenvalue weighted by Gasteiger charge is -2.35. The Morgan fingerprint density at radius 3 is 2.69 bits per heavy atom. The molecule has 0 spiro atoms. The molecule has 0 aliphatic carbocycles. The van der Waals surface area contributed by atoms with E-state index in [1.807, 2.05) is 13.1 Å². The SMILES string of the molecule is Cc1cc(N2CCN(CCCl)CC2)ccn1. The molecule has 1 aromatic rings. The first-order chi connectivity index (χ1) is 7.79. The first kappa shape index (κ1) is 11.7. The van der Waals surface area contributed by atoms with Gasteiger partial charge in [0.05, 0.1) is 0 Å². The Hall–Kier alpha value is -0.800. The van der Waals surface area contributed by atoms with E-state index in [2.05, 4.69) is 26.9 Å². The number of hydrogen-bond donors (Lipinski definition) is 0. The van der Waals surface area contributed by atoms with Gasteiger partial charge in [0, 0.05) is 56.2 Å². The lowest BCUT2D eigenvalue weighted by atomic mass is 10.2. The predicted octanol–water partition coefficient (Wildman–Crippen LogP) is 1.75. The summed E-state index contributed by atoms with van der Waals surface area (Å²) in [7, 11) is 0. The summed E-state index contributed by atoms with van der Waals surface area (Å²) in [4.78, 5) is 9.05. The number of alkyl halides is 1. The van der Waals surface area contributed by atoms with Crippen LogP contribution in [0.3, 0.4) is 0 Å². The third-order valence-electron chi connectivity index (χ3n) is 3.02. The number of halogens is 1. The third kappa shape index (κ3) is 2.86. The number of pyridine rings is 1. The van der Waals surface area contributed by atoms with Gasteiger partial charge in [0.1, 0.15) is 0 Å².